The first kappa shape index (κ1) is 14.6. The highest BCUT2D eigenvalue weighted by molar-refractivity contribution is 5.94. The molecule has 0 aliphatic rings. The first-order valence-corrected chi connectivity index (χ1v) is 6.39. The molecule has 1 aromatic carbocycles. The van der Waals surface area contributed by atoms with E-state index < -0.39 is 0 Å². The van der Waals surface area contributed by atoms with E-state index in [4.69, 9.17) is 9.47 Å². The highest BCUT2D eigenvalue weighted by Crippen LogP contribution is 2.12. The Kier molecular flexibility index (Phi) is 4.92. The van der Waals surface area contributed by atoms with Crippen molar-refractivity contribution in [1.29, 1.82) is 0 Å². The van der Waals surface area contributed by atoms with Crippen LogP contribution in [0.5, 0.6) is 11.6 Å². The maximum atomic E-state index is 11.9. The van der Waals surface area contributed by atoms with Crippen LogP contribution in [0, 0.1) is 0 Å². The summed E-state index contributed by atoms with van der Waals surface area (Å²) in [6, 6.07) is 8.43. The van der Waals surface area contributed by atoms with E-state index in [1.165, 1.54) is 13.3 Å². The molecule has 7 nitrogen and oxygen atoms in total. The third-order valence-corrected chi connectivity index (χ3v) is 2.55. The van der Waals surface area contributed by atoms with Crippen LogP contribution in [0.1, 0.15) is 17.3 Å². The number of nitrogens with one attached hydrogen (secondary N) is 2. The largest absolute Gasteiger partial charge is 0.494 e. The van der Waals surface area contributed by atoms with Crippen LogP contribution in [-0.2, 0) is 0 Å². The summed E-state index contributed by atoms with van der Waals surface area (Å²) in [5, 5.41) is 0. The van der Waals surface area contributed by atoms with Crippen molar-refractivity contribution >= 4 is 11.9 Å². The Morgan fingerprint density at radius 1 is 1.24 bits per heavy atom. The van der Waals surface area contributed by atoms with Gasteiger partial charge >= 0.3 is 0 Å². The molecule has 0 atom stereocenters. The van der Waals surface area contributed by atoms with Gasteiger partial charge in [-0.3, -0.25) is 15.6 Å². The number of amides is 1. The van der Waals surface area contributed by atoms with Crippen LogP contribution in [0.3, 0.4) is 0 Å². The topological polar surface area (TPSA) is 85.4 Å². The summed E-state index contributed by atoms with van der Waals surface area (Å²) in [4.78, 5) is 19.9. The van der Waals surface area contributed by atoms with Crippen molar-refractivity contribution in [3.8, 4) is 11.6 Å². The Hall–Kier alpha value is -2.83. The second-order valence-corrected chi connectivity index (χ2v) is 3.96. The molecule has 0 bridgehead atoms. The molecule has 0 aliphatic heterocycles. The zero-order valence-corrected chi connectivity index (χ0v) is 11.8. The fraction of sp³-hybridized carbons (Fsp3) is 0.214. The van der Waals surface area contributed by atoms with Gasteiger partial charge in [0.25, 0.3) is 5.91 Å². The van der Waals surface area contributed by atoms with Crippen molar-refractivity contribution in [2.24, 2.45) is 0 Å². The lowest BCUT2D eigenvalue weighted by atomic mass is 10.2. The minimum Gasteiger partial charge on any atom is -0.494 e. The SMILES string of the molecule is CCOc1ccc(C(=O)NNc2nccc(OC)n2)cc1. The van der Waals surface area contributed by atoms with Crippen molar-refractivity contribution in [3.05, 3.63) is 42.1 Å². The molecule has 7 heteroatoms. The van der Waals surface area contributed by atoms with Crippen molar-refractivity contribution in [1.82, 2.24) is 15.4 Å². The van der Waals surface area contributed by atoms with E-state index in [9.17, 15) is 4.79 Å². The predicted octanol–water partition coefficient (Wildman–Crippen LogP) is 1.64. The van der Waals surface area contributed by atoms with E-state index in [1.54, 1.807) is 30.3 Å². The standard InChI is InChI=1S/C14H16N4O3/c1-3-21-11-6-4-10(5-7-11)13(19)17-18-14-15-9-8-12(16-14)20-2/h4-9H,3H2,1-2H3,(H,17,19)(H,15,16,18). The highest BCUT2D eigenvalue weighted by Gasteiger charge is 2.06. The fourth-order valence-electron chi connectivity index (χ4n) is 1.57. The van der Waals surface area contributed by atoms with Crippen LogP contribution in [0.2, 0.25) is 0 Å². The Labute approximate surface area is 122 Å². The second kappa shape index (κ2) is 7.09. The number of hydrogen-bond acceptors (Lipinski definition) is 6. The lowest BCUT2D eigenvalue weighted by Crippen LogP contribution is -2.30. The smallest absolute Gasteiger partial charge is 0.269 e. The Bertz CT molecular complexity index is 601. The number of ether oxygens (including phenoxy) is 2. The molecule has 2 aromatic rings. The van der Waals surface area contributed by atoms with Crippen LogP contribution in [-0.4, -0.2) is 29.6 Å². The van der Waals surface area contributed by atoms with E-state index in [0.29, 0.717) is 18.1 Å². The maximum Gasteiger partial charge on any atom is 0.269 e. The summed E-state index contributed by atoms with van der Waals surface area (Å²) >= 11 is 0. The summed E-state index contributed by atoms with van der Waals surface area (Å²) in [6.07, 6.45) is 1.53. The van der Waals surface area contributed by atoms with Gasteiger partial charge in [-0.25, -0.2) is 4.98 Å². The monoisotopic (exact) mass is 288 g/mol. The molecule has 0 radical (unpaired) electrons. The molecule has 1 amide bonds. The van der Waals surface area contributed by atoms with Crippen LogP contribution in [0.25, 0.3) is 0 Å². The zero-order valence-electron chi connectivity index (χ0n) is 11.8. The van der Waals surface area contributed by atoms with E-state index in [-0.39, 0.29) is 11.9 Å². The van der Waals surface area contributed by atoms with E-state index in [0.717, 1.165) is 5.75 Å². The van der Waals surface area contributed by atoms with Gasteiger partial charge in [0.1, 0.15) is 5.75 Å². The zero-order chi connectivity index (χ0) is 15.1. The van der Waals surface area contributed by atoms with Crippen molar-refractivity contribution in [3.63, 3.8) is 0 Å². The third kappa shape index (κ3) is 4.07. The maximum absolute atomic E-state index is 11.9. The lowest BCUT2D eigenvalue weighted by molar-refractivity contribution is 0.0962. The molecule has 0 fully saturated rings. The molecule has 1 heterocycles. The average Bonchev–Trinajstić information content (AvgIpc) is 2.54. The minimum atomic E-state index is -0.301. The van der Waals surface area contributed by atoms with Gasteiger partial charge in [0, 0.05) is 17.8 Å². The first-order chi connectivity index (χ1) is 10.2. The number of carbonyl (C=O) groups is 1. The van der Waals surface area contributed by atoms with Gasteiger partial charge in [0.05, 0.1) is 13.7 Å². The molecule has 2 rings (SSSR count). The molecule has 0 aliphatic carbocycles. The summed E-state index contributed by atoms with van der Waals surface area (Å²) in [5.74, 6) is 1.07. The molecule has 0 saturated heterocycles. The number of carbonyl (C=O) groups excluding carboxylic acids is 1. The molecule has 110 valence electrons. The number of aromatic nitrogens is 2. The van der Waals surface area contributed by atoms with Gasteiger partial charge < -0.3 is 9.47 Å². The van der Waals surface area contributed by atoms with Crippen molar-refractivity contribution < 1.29 is 14.3 Å². The number of methoxy groups -OCH3 is 1. The van der Waals surface area contributed by atoms with Gasteiger partial charge in [0.15, 0.2) is 0 Å². The molecule has 0 saturated carbocycles. The lowest BCUT2D eigenvalue weighted by Gasteiger charge is -2.08. The summed E-state index contributed by atoms with van der Waals surface area (Å²) in [5.41, 5.74) is 5.63. The summed E-state index contributed by atoms with van der Waals surface area (Å²) in [6.45, 7) is 2.49. The van der Waals surface area contributed by atoms with E-state index >= 15 is 0 Å². The number of hydrazine groups is 1. The minimum absolute atomic E-state index is 0.244. The van der Waals surface area contributed by atoms with Crippen LogP contribution in [0.4, 0.5) is 5.95 Å². The second-order valence-electron chi connectivity index (χ2n) is 3.96. The van der Waals surface area contributed by atoms with Gasteiger partial charge in [-0.05, 0) is 31.2 Å². The Morgan fingerprint density at radius 3 is 2.67 bits per heavy atom. The molecule has 0 unspecified atom stereocenters. The number of anilines is 1. The van der Waals surface area contributed by atoms with E-state index in [2.05, 4.69) is 20.8 Å². The first-order valence-electron chi connectivity index (χ1n) is 6.39. The summed E-state index contributed by atoms with van der Waals surface area (Å²) < 4.78 is 10.3. The van der Waals surface area contributed by atoms with Crippen LogP contribution in [0.15, 0.2) is 36.5 Å². The third-order valence-electron chi connectivity index (χ3n) is 2.55. The molecule has 21 heavy (non-hydrogen) atoms. The summed E-state index contributed by atoms with van der Waals surface area (Å²) in [7, 11) is 1.50. The Balaban J connectivity index is 1.94. The van der Waals surface area contributed by atoms with Crippen LogP contribution < -0.4 is 20.3 Å². The average molecular weight is 288 g/mol. The molecule has 0 spiro atoms. The number of nitrogens with zero attached hydrogens (tertiary/aromatic N) is 2. The quantitative estimate of drug-likeness (QED) is 0.786. The number of benzene rings is 1. The molecular weight excluding hydrogens is 272 g/mol. The van der Waals surface area contributed by atoms with Gasteiger partial charge in [0.2, 0.25) is 11.8 Å². The molecule has 2 N–H and O–H groups in total. The van der Waals surface area contributed by atoms with E-state index in [1.807, 2.05) is 6.92 Å². The van der Waals surface area contributed by atoms with Gasteiger partial charge in [-0.2, -0.15) is 4.98 Å². The molecule has 1 aromatic heterocycles. The Morgan fingerprint density at radius 2 is 2.00 bits per heavy atom. The number of rotatable bonds is 6. The van der Waals surface area contributed by atoms with Gasteiger partial charge in [-0.15, -0.1) is 0 Å². The normalized spacial score (nSPS) is 9.81. The number of hydrogen-bond donors (Lipinski definition) is 2. The highest BCUT2D eigenvalue weighted by atomic mass is 16.5. The van der Waals surface area contributed by atoms with Crippen molar-refractivity contribution in [2.75, 3.05) is 19.1 Å². The van der Waals surface area contributed by atoms with Crippen molar-refractivity contribution in [2.45, 2.75) is 6.92 Å². The predicted molar refractivity (Wildman–Crippen MR) is 77.3 cm³/mol. The fourth-order valence-corrected chi connectivity index (χ4v) is 1.57. The van der Waals surface area contributed by atoms with Gasteiger partial charge in [-0.1, -0.05) is 0 Å². The van der Waals surface area contributed by atoms with Crippen LogP contribution >= 0.6 is 0 Å². The molecular formula is C14H16N4O3.